The fourth-order valence-electron chi connectivity index (χ4n) is 2.61. The molecule has 4 heteroatoms. The molecule has 1 aliphatic rings. The lowest BCUT2D eigenvalue weighted by atomic mass is 9.97. The quantitative estimate of drug-likeness (QED) is 0.855. The van der Waals surface area contributed by atoms with Crippen LogP contribution in [0.4, 0.5) is 5.82 Å². The number of hydrogen-bond acceptors (Lipinski definition) is 4. The van der Waals surface area contributed by atoms with Crippen LogP contribution in [-0.2, 0) is 11.3 Å². The third-order valence-corrected chi connectivity index (χ3v) is 3.70. The Bertz CT molecular complexity index is 358. The SMILES string of the molecule is CCNc1ccc(CN2CCC(COC)CC2)cn1. The van der Waals surface area contributed by atoms with Crippen molar-refractivity contribution in [2.45, 2.75) is 26.3 Å². The Balaban J connectivity index is 1.78. The molecule has 1 fully saturated rings. The fraction of sp³-hybridized carbons (Fsp3) is 0.667. The molecule has 0 radical (unpaired) electrons. The second kappa shape index (κ2) is 7.46. The van der Waals surface area contributed by atoms with Crippen LogP contribution in [0.15, 0.2) is 18.3 Å². The third-order valence-electron chi connectivity index (χ3n) is 3.70. The Morgan fingerprint density at radius 1 is 1.37 bits per heavy atom. The van der Waals surface area contributed by atoms with Gasteiger partial charge in [-0.25, -0.2) is 4.98 Å². The van der Waals surface area contributed by atoms with Crippen LogP contribution in [0.5, 0.6) is 0 Å². The summed E-state index contributed by atoms with van der Waals surface area (Å²) < 4.78 is 5.24. The van der Waals surface area contributed by atoms with E-state index in [0.717, 1.165) is 31.4 Å². The van der Waals surface area contributed by atoms with Crippen molar-refractivity contribution in [1.82, 2.24) is 9.88 Å². The summed E-state index contributed by atoms with van der Waals surface area (Å²) in [6.45, 7) is 7.26. The Labute approximate surface area is 116 Å². The molecule has 1 saturated heterocycles. The van der Waals surface area contributed by atoms with Crippen LogP contribution in [-0.4, -0.2) is 43.2 Å². The smallest absolute Gasteiger partial charge is 0.125 e. The van der Waals surface area contributed by atoms with Gasteiger partial charge < -0.3 is 10.1 Å². The Morgan fingerprint density at radius 3 is 2.74 bits per heavy atom. The predicted molar refractivity (Wildman–Crippen MR) is 78.3 cm³/mol. The van der Waals surface area contributed by atoms with Crippen LogP contribution < -0.4 is 5.32 Å². The zero-order valence-electron chi connectivity index (χ0n) is 12.1. The number of likely N-dealkylation sites (tertiary alicyclic amines) is 1. The first-order valence-electron chi connectivity index (χ1n) is 7.22. The largest absolute Gasteiger partial charge is 0.384 e. The first-order valence-corrected chi connectivity index (χ1v) is 7.22. The van der Waals surface area contributed by atoms with Crippen LogP contribution in [0.2, 0.25) is 0 Å². The number of piperidine rings is 1. The minimum absolute atomic E-state index is 0.746. The van der Waals surface area contributed by atoms with Crippen LogP contribution in [0.3, 0.4) is 0 Å². The number of hydrogen-bond donors (Lipinski definition) is 1. The van der Waals surface area contributed by atoms with E-state index in [1.165, 1.54) is 31.5 Å². The van der Waals surface area contributed by atoms with Gasteiger partial charge in [-0.3, -0.25) is 4.90 Å². The second-order valence-corrected chi connectivity index (χ2v) is 5.26. The Hall–Kier alpha value is -1.13. The Kier molecular flexibility index (Phi) is 5.61. The van der Waals surface area contributed by atoms with Gasteiger partial charge in [-0.1, -0.05) is 6.07 Å². The fourth-order valence-corrected chi connectivity index (χ4v) is 2.61. The van der Waals surface area contributed by atoms with E-state index in [-0.39, 0.29) is 0 Å². The number of methoxy groups -OCH3 is 1. The topological polar surface area (TPSA) is 37.4 Å². The van der Waals surface area contributed by atoms with Crippen molar-refractivity contribution in [3.63, 3.8) is 0 Å². The van der Waals surface area contributed by atoms with Crippen LogP contribution in [0.25, 0.3) is 0 Å². The molecular formula is C15H25N3O. The highest BCUT2D eigenvalue weighted by Crippen LogP contribution is 2.19. The molecule has 1 aliphatic heterocycles. The van der Waals surface area contributed by atoms with Gasteiger partial charge >= 0.3 is 0 Å². The summed E-state index contributed by atoms with van der Waals surface area (Å²) in [5.41, 5.74) is 1.30. The van der Waals surface area contributed by atoms with E-state index in [1.807, 2.05) is 6.20 Å². The monoisotopic (exact) mass is 263 g/mol. The molecule has 0 unspecified atom stereocenters. The highest BCUT2D eigenvalue weighted by atomic mass is 16.5. The van der Waals surface area contributed by atoms with Gasteiger partial charge in [0.2, 0.25) is 0 Å². The molecule has 0 bridgehead atoms. The number of aromatic nitrogens is 1. The maximum atomic E-state index is 5.24. The van der Waals surface area contributed by atoms with E-state index in [2.05, 4.69) is 34.3 Å². The van der Waals surface area contributed by atoms with Gasteiger partial charge in [0, 0.05) is 33.0 Å². The number of rotatable bonds is 6. The zero-order chi connectivity index (χ0) is 13.5. The highest BCUT2D eigenvalue weighted by molar-refractivity contribution is 5.35. The summed E-state index contributed by atoms with van der Waals surface area (Å²) in [6.07, 6.45) is 4.48. The molecule has 106 valence electrons. The van der Waals surface area contributed by atoms with E-state index in [4.69, 9.17) is 4.74 Å². The number of anilines is 1. The molecule has 2 heterocycles. The summed E-state index contributed by atoms with van der Waals surface area (Å²) in [7, 11) is 1.80. The van der Waals surface area contributed by atoms with Crippen molar-refractivity contribution in [1.29, 1.82) is 0 Å². The van der Waals surface area contributed by atoms with Crippen molar-refractivity contribution in [3.8, 4) is 0 Å². The van der Waals surface area contributed by atoms with Crippen molar-refractivity contribution in [3.05, 3.63) is 23.9 Å². The lowest BCUT2D eigenvalue weighted by Gasteiger charge is -2.31. The molecule has 0 saturated carbocycles. The maximum absolute atomic E-state index is 5.24. The van der Waals surface area contributed by atoms with Crippen LogP contribution in [0, 0.1) is 5.92 Å². The average Bonchev–Trinajstić information content (AvgIpc) is 2.44. The van der Waals surface area contributed by atoms with Gasteiger partial charge in [0.05, 0.1) is 0 Å². The van der Waals surface area contributed by atoms with Gasteiger partial charge in [0.15, 0.2) is 0 Å². The van der Waals surface area contributed by atoms with Crippen LogP contribution in [0.1, 0.15) is 25.3 Å². The molecule has 0 amide bonds. The Morgan fingerprint density at radius 2 is 2.16 bits per heavy atom. The minimum Gasteiger partial charge on any atom is -0.384 e. The summed E-state index contributed by atoms with van der Waals surface area (Å²) in [4.78, 5) is 6.93. The lowest BCUT2D eigenvalue weighted by Crippen LogP contribution is -2.34. The van der Waals surface area contributed by atoms with E-state index >= 15 is 0 Å². The van der Waals surface area contributed by atoms with Crippen molar-refractivity contribution >= 4 is 5.82 Å². The number of pyridine rings is 1. The molecule has 2 rings (SSSR count). The van der Waals surface area contributed by atoms with Gasteiger partial charge in [-0.05, 0) is 50.4 Å². The number of nitrogens with one attached hydrogen (secondary N) is 1. The minimum atomic E-state index is 0.746. The molecular weight excluding hydrogens is 238 g/mol. The third kappa shape index (κ3) is 4.48. The van der Waals surface area contributed by atoms with E-state index in [1.54, 1.807) is 7.11 Å². The standard InChI is InChI=1S/C15H25N3O/c1-3-16-15-5-4-14(10-17-15)11-18-8-6-13(7-9-18)12-19-2/h4-5,10,13H,3,6-9,11-12H2,1-2H3,(H,16,17). The average molecular weight is 263 g/mol. The molecule has 4 nitrogen and oxygen atoms in total. The first kappa shape index (κ1) is 14.3. The lowest BCUT2D eigenvalue weighted by molar-refractivity contribution is 0.0968. The molecule has 19 heavy (non-hydrogen) atoms. The molecule has 0 atom stereocenters. The second-order valence-electron chi connectivity index (χ2n) is 5.26. The molecule has 1 aromatic heterocycles. The summed E-state index contributed by atoms with van der Waals surface area (Å²) >= 11 is 0. The van der Waals surface area contributed by atoms with Crippen LogP contribution >= 0.6 is 0 Å². The molecule has 0 aromatic carbocycles. The van der Waals surface area contributed by atoms with Gasteiger partial charge in [0.1, 0.15) is 5.82 Å². The van der Waals surface area contributed by atoms with E-state index < -0.39 is 0 Å². The highest BCUT2D eigenvalue weighted by Gasteiger charge is 2.18. The molecule has 1 N–H and O–H groups in total. The van der Waals surface area contributed by atoms with Gasteiger partial charge in [-0.2, -0.15) is 0 Å². The van der Waals surface area contributed by atoms with E-state index in [9.17, 15) is 0 Å². The first-order chi connectivity index (χ1) is 9.31. The van der Waals surface area contributed by atoms with Gasteiger partial charge in [0.25, 0.3) is 0 Å². The van der Waals surface area contributed by atoms with Crippen molar-refractivity contribution in [2.75, 3.05) is 38.7 Å². The number of nitrogens with zero attached hydrogens (tertiary/aromatic N) is 2. The zero-order valence-corrected chi connectivity index (χ0v) is 12.1. The van der Waals surface area contributed by atoms with Crippen molar-refractivity contribution in [2.24, 2.45) is 5.92 Å². The number of ether oxygens (including phenoxy) is 1. The predicted octanol–water partition coefficient (Wildman–Crippen LogP) is 2.37. The molecule has 0 spiro atoms. The van der Waals surface area contributed by atoms with Crippen molar-refractivity contribution < 1.29 is 4.74 Å². The van der Waals surface area contributed by atoms with Gasteiger partial charge in [-0.15, -0.1) is 0 Å². The van der Waals surface area contributed by atoms with E-state index in [0.29, 0.717) is 0 Å². The normalized spacial score (nSPS) is 17.6. The molecule has 0 aliphatic carbocycles. The summed E-state index contributed by atoms with van der Waals surface area (Å²) in [5.74, 6) is 1.71. The summed E-state index contributed by atoms with van der Waals surface area (Å²) in [5, 5.41) is 3.22. The summed E-state index contributed by atoms with van der Waals surface area (Å²) in [6, 6.07) is 4.24. The maximum Gasteiger partial charge on any atom is 0.125 e. The molecule has 1 aromatic rings.